The van der Waals surface area contributed by atoms with E-state index in [0.29, 0.717) is 11.3 Å². The minimum Gasteiger partial charge on any atom is -0.481 e. The zero-order valence-corrected chi connectivity index (χ0v) is 21.6. The summed E-state index contributed by atoms with van der Waals surface area (Å²) in [6, 6.07) is 1.38. The minimum absolute atomic E-state index is 0.0702. The van der Waals surface area contributed by atoms with Crippen molar-refractivity contribution in [3.63, 3.8) is 0 Å². The van der Waals surface area contributed by atoms with Crippen LogP contribution in [-0.2, 0) is 41.6 Å². The quantitative estimate of drug-likeness (QED) is 0.0959. The van der Waals surface area contributed by atoms with Gasteiger partial charge < -0.3 is 47.6 Å². The van der Waals surface area contributed by atoms with Crippen LogP contribution >= 0.6 is 0 Å². The second kappa shape index (κ2) is 13.7. The first-order valence-electron chi connectivity index (χ1n) is 12.4. The number of para-hydroxylation sites is 1. The highest BCUT2D eigenvalue weighted by atomic mass is 16.4. The number of rotatable bonds is 15. The van der Waals surface area contributed by atoms with Crippen molar-refractivity contribution in [1.29, 1.82) is 0 Å². The molecule has 218 valence electrons. The number of aliphatic carboxylic acids is 2. The van der Waals surface area contributed by atoms with E-state index in [-0.39, 0.29) is 12.8 Å². The van der Waals surface area contributed by atoms with Crippen LogP contribution < -0.4 is 27.4 Å². The van der Waals surface area contributed by atoms with Crippen LogP contribution in [-0.4, -0.2) is 84.9 Å². The molecule has 16 heteroatoms. The largest absolute Gasteiger partial charge is 0.481 e. The highest BCUT2D eigenvalue weighted by molar-refractivity contribution is 5.96. The van der Waals surface area contributed by atoms with Crippen molar-refractivity contribution >= 4 is 46.5 Å². The molecule has 4 unspecified atom stereocenters. The van der Waals surface area contributed by atoms with Crippen LogP contribution in [0.5, 0.6) is 0 Å². The lowest BCUT2D eigenvalue weighted by Gasteiger charge is -2.25. The number of hydrogen-bond acceptors (Lipinski definition) is 8. The van der Waals surface area contributed by atoms with E-state index in [9.17, 15) is 33.9 Å². The predicted octanol–water partition coefficient (Wildman–Crippen LogP) is -2.11. The molecule has 0 saturated heterocycles. The molecule has 0 spiro atoms. The third-order valence-corrected chi connectivity index (χ3v) is 6.10. The highest BCUT2D eigenvalue weighted by Gasteiger charge is 2.32. The number of nitrogens with zero attached hydrogens (tertiary/aromatic N) is 1. The Balaban J connectivity index is 1.88. The van der Waals surface area contributed by atoms with Gasteiger partial charge in [-0.2, -0.15) is 0 Å². The first-order valence-corrected chi connectivity index (χ1v) is 12.4. The van der Waals surface area contributed by atoms with Gasteiger partial charge in [-0.25, -0.2) is 9.78 Å². The second-order valence-electron chi connectivity index (χ2n) is 9.24. The number of aromatic amines is 2. The summed E-state index contributed by atoms with van der Waals surface area (Å²) in [6.07, 6.45) is 2.77. The van der Waals surface area contributed by atoms with E-state index in [1.165, 1.54) is 12.5 Å². The van der Waals surface area contributed by atoms with Crippen molar-refractivity contribution in [2.75, 3.05) is 0 Å². The van der Waals surface area contributed by atoms with Crippen molar-refractivity contribution in [2.45, 2.75) is 49.9 Å². The summed E-state index contributed by atoms with van der Waals surface area (Å²) in [4.78, 5) is 82.9. The predicted molar refractivity (Wildman–Crippen MR) is 142 cm³/mol. The molecule has 4 atom stereocenters. The van der Waals surface area contributed by atoms with Gasteiger partial charge in [0.05, 0.1) is 25.2 Å². The van der Waals surface area contributed by atoms with E-state index >= 15 is 0 Å². The molecule has 0 aliphatic carbocycles. The number of primary amides is 1. The first kappa shape index (κ1) is 30.3. The number of carboxylic acids is 2. The van der Waals surface area contributed by atoms with Crippen molar-refractivity contribution in [2.24, 2.45) is 11.5 Å². The van der Waals surface area contributed by atoms with Crippen LogP contribution in [0.15, 0.2) is 43.0 Å². The van der Waals surface area contributed by atoms with Crippen molar-refractivity contribution in [3.05, 3.63) is 54.2 Å². The van der Waals surface area contributed by atoms with E-state index in [4.69, 9.17) is 16.6 Å². The van der Waals surface area contributed by atoms with E-state index in [2.05, 4.69) is 30.9 Å². The van der Waals surface area contributed by atoms with Gasteiger partial charge in [0.15, 0.2) is 0 Å². The van der Waals surface area contributed by atoms with Gasteiger partial charge in [0.2, 0.25) is 23.6 Å². The molecule has 41 heavy (non-hydrogen) atoms. The molecule has 2 aromatic heterocycles. The average molecular weight is 571 g/mol. The summed E-state index contributed by atoms with van der Waals surface area (Å²) in [5.74, 6) is -6.49. The lowest BCUT2D eigenvalue weighted by Crippen LogP contribution is -2.58. The molecule has 0 saturated carbocycles. The highest BCUT2D eigenvalue weighted by Crippen LogP contribution is 2.19. The molecular weight excluding hydrogens is 540 g/mol. The standard InChI is InChI=1S/C25H30N8O8/c26-15(7-21(35)36)22(37)31-17(5-12-9-29-16-4-2-1-3-14(12)16)23(38)32-18(6-13-10-28-11-30-13)24(39)33-19(25(40)41)8-20(27)34/h1-4,9-11,15,17-19,29H,5-8,26H2,(H2,27,34)(H,28,30)(H,31,37)(H,32,38)(H,33,39)(H,35,36)(H,40,41). The second-order valence-corrected chi connectivity index (χ2v) is 9.24. The van der Waals surface area contributed by atoms with Crippen molar-refractivity contribution < 1.29 is 39.0 Å². The minimum atomic E-state index is -1.66. The summed E-state index contributed by atoms with van der Waals surface area (Å²) in [5.41, 5.74) is 12.6. The molecule has 0 bridgehead atoms. The number of benzene rings is 1. The van der Waals surface area contributed by atoms with Gasteiger partial charge in [0, 0.05) is 41.8 Å². The fourth-order valence-electron chi connectivity index (χ4n) is 4.06. The molecule has 0 aliphatic heterocycles. The van der Waals surface area contributed by atoms with E-state index in [1.54, 1.807) is 24.4 Å². The Bertz CT molecular complexity index is 1420. The first-order chi connectivity index (χ1) is 19.4. The van der Waals surface area contributed by atoms with Gasteiger partial charge in [0.25, 0.3) is 0 Å². The molecule has 2 heterocycles. The Morgan fingerprint density at radius 2 is 1.49 bits per heavy atom. The summed E-state index contributed by atoms with van der Waals surface area (Å²) in [7, 11) is 0. The number of carboxylic acid groups (broad SMARTS) is 2. The van der Waals surface area contributed by atoms with E-state index < -0.39 is 72.6 Å². The Hall–Kier alpha value is -5.25. The fourth-order valence-corrected chi connectivity index (χ4v) is 4.06. The zero-order chi connectivity index (χ0) is 30.1. The van der Waals surface area contributed by atoms with Crippen LogP contribution in [0.4, 0.5) is 0 Å². The van der Waals surface area contributed by atoms with Crippen molar-refractivity contribution in [3.8, 4) is 0 Å². The fraction of sp³-hybridized carbons (Fsp3) is 0.320. The average Bonchev–Trinajstić information content (AvgIpc) is 3.56. The molecule has 0 radical (unpaired) electrons. The molecule has 0 fully saturated rings. The van der Waals surface area contributed by atoms with Gasteiger partial charge in [-0.05, 0) is 11.6 Å². The number of nitrogens with one attached hydrogen (secondary N) is 5. The van der Waals surface area contributed by atoms with Crippen LogP contribution in [0.3, 0.4) is 0 Å². The molecule has 4 amide bonds. The van der Waals surface area contributed by atoms with Crippen LogP contribution in [0, 0.1) is 0 Å². The number of hydrogen-bond donors (Lipinski definition) is 9. The number of fused-ring (bicyclic) bond motifs is 1. The summed E-state index contributed by atoms with van der Waals surface area (Å²) >= 11 is 0. The lowest BCUT2D eigenvalue weighted by molar-refractivity contribution is -0.143. The van der Waals surface area contributed by atoms with Gasteiger partial charge in [-0.15, -0.1) is 0 Å². The Labute approximate surface area is 232 Å². The topological polar surface area (TPSA) is 275 Å². The lowest BCUT2D eigenvalue weighted by atomic mass is 10.0. The zero-order valence-electron chi connectivity index (χ0n) is 21.6. The van der Waals surface area contributed by atoms with E-state index in [1.807, 2.05) is 6.07 Å². The van der Waals surface area contributed by atoms with Gasteiger partial charge in [-0.1, -0.05) is 18.2 Å². The number of H-pyrrole nitrogens is 2. The van der Waals surface area contributed by atoms with Gasteiger partial charge >= 0.3 is 11.9 Å². The number of aromatic nitrogens is 3. The van der Waals surface area contributed by atoms with Crippen molar-refractivity contribution in [1.82, 2.24) is 30.9 Å². The molecule has 16 nitrogen and oxygen atoms in total. The maximum Gasteiger partial charge on any atom is 0.326 e. The summed E-state index contributed by atoms with van der Waals surface area (Å²) < 4.78 is 0. The number of amides is 4. The third-order valence-electron chi connectivity index (χ3n) is 6.10. The molecule has 0 aliphatic rings. The molecule has 11 N–H and O–H groups in total. The maximum atomic E-state index is 13.5. The van der Waals surface area contributed by atoms with Crippen LogP contribution in [0.25, 0.3) is 10.9 Å². The third kappa shape index (κ3) is 8.62. The molecular formula is C25H30N8O8. The van der Waals surface area contributed by atoms with Crippen LogP contribution in [0.1, 0.15) is 24.1 Å². The summed E-state index contributed by atoms with van der Waals surface area (Å²) in [6.45, 7) is 0. The Kier molecular flexibility index (Phi) is 10.1. The summed E-state index contributed by atoms with van der Waals surface area (Å²) in [5, 5.41) is 26.3. The number of carbonyl (C=O) groups excluding carboxylic acids is 4. The molecule has 3 rings (SSSR count). The monoisotopic (exact) mass is 570 g/mol. The van der Waals surface area contributed by atoms with Crippen LogP contribution in [0.2, 0.25) is 0 Å². The molecule has 1 aromatic carbocycles. The SMILES string of the molecule is NC(=O)CC(NC(=O)C(Cc1cnc[nH]1)NC(=O)C(Cc1c[nH]c2ccccc12)NC(=O)C(N)CC(=O)O)C(=O)O. The van der Waals surface area contributed by atoms with E-state index in [0.717, 1.165) is 10.9 Å². The molecule has 3 aromatic rings. The Morgan fingerprint density at radius 1 is 0.854 bits per heavy atom. The Morgan fingerprint density at radius 3 is 2.10 bits per heavy atom. The number of imidazole rings is 1. The normalized spacial score (nSPS) is 13.9. The number of carbonyl (C=O) groups is 6. The van der Waals surface area contributed by atoms with Gasteiger partial charge in [0.1, 0.15) is 18.1 Å². The maximum absolute atomic E-state index is 13.5. The van der Waals surface area contributed by atoms with Gasteiger partial charge in [-0.3, -0.25) is 24.0 Å². The smallest absolute Gasteiger partial charge is 0.326 e. The number of nitrogens with two attached hydrogens (primary N) is 2.